The van der Waals surface area contributed by atoms with E-state index in [0.29, 0.717) is 25.5 Å². The van der Waals surface area contributed by atoms with Crippen molar-refractivity contribution < 1.29 is 13.9 Å². The van der Waals surface area contributed by atoms with Crippen LogP contribution >= 0.6 is 0 Å². The molecule has 0 saturated carbocycles. The van der Waals surface area contributed by atoms with Gasteiger partial charge in [-0.2, -0.15) is 0 Å². The third-order valence-corrected chi connectivity index (χ3v) is 3.38. The second kappa shape index (κ2) is 7.46. The van der Waals surface area contributed by atoms with Gasteiger partial charge in [0.15, 0.2) is 11.6 Å². The molecule has 0 atom stereocenters. The van der Waals surface area contributed by atoms with Crippen LogP contribution in [0.1, 0.15) is 31.2 Å². The van der Waals surface area contributed by atoms with Gasteiger partial charge >= 0.3 is 0 Å². The Labute approximate surface area is 113 Å². The normalized spacial score (nSPS) is 16.5. The van der Waals surface area contributed by atoms with Gasteiger partial charge in [0.05, 0.1) is 13.2 Å². The van der Waals surface area contributed by atoms with E-state index in [1.807, 2.05) is 6.07 Å². The number of unbranched alkanes of at least 4 members (excludes halogenated alkanes) is 1. The van der Waals surface area contributed by atoms with E-state index >= 15 is 0 Å². The molecular formula is C15H22FNO2. The molecule has 19 heavy (non-hydrogen) atoms. The Balaban J connectivity index is 1.90. The lowest BCUT2D eigenvalue weighted by Crippen LogP contribution is -2.26. The molecule has 2 rings (SSSR count). The lowest BCUT2D eigenvalue weighted by Gasteiger charge is -2.23. The minimum Gasteiger partial charge on any atom is -0.487 e. The molecule has 0 amide bonds. The number of hydrogen-bond donors (Lipinski definition) is 1. The van der Waals surface area contributed by atoms with E-state index < -0.39 is 0 Å². The van der Waals surface area contributed by atoms with Gasteiger partial charge in [-0.3, -0.25) is 0 Å². The van der Waals surface area contributed by atoms with Crippen LogP contribution in [0.25, 0.3) is 0 Å². The van der Waals surface area contributed by atoms with Crippen molar-refractivity contribution in [2.24, 2.45) is 5.73 Å². The summed E-state index contributed by atoms with van der Waals surface area (Å²) in [5, 5.41) is 0. The van der Waals surface area contributed by atoms with Crippen molar-refractivity contribution >= 4 is 0 Å². The summed E-state index contributed by atoms with van der Waals surface area (Å²) < 4.78 is 24.9. The Kier molecular flexibility index (Phi) is 5.61. The highest BCUT2D eigenvalue weighted by Gasteiger charge is 2.17. The number of aryl methyl sites for hydroxylation is 1. The van der Waals surface area contributed by atoms with Gasteiger partial charge in [-0.1, -0.05) is 6.07 Å². The lowest BCUT2D eigenvalue weighted by molar-refractivity contribution is 0.0240. The SMILES string of the molecule is NCCCCc1ccc(OC2CCOCC2)c(F)c1. The van der Waals surface area contributed by atoms with Gasteiger partial charge in [-0.15, -0.1) is 0 Å². The first-order valence-electron chi connectivity index (χ1n) is 7.02. The Morgan fingerprint density at radius 2 is 2.05 bits per heavy atom. The molecule has 0 unspecified atom stereocenters. The summed E-state index contributed by atoms with van der Waals surface area (Å²) >= 11 is 0. The second-order valence-electron chi connectivity index (χ2n) is 4.94. The van der Waals surface area contributed by atoms with Crippen LogP contribution in [-0.4, -0.2) is 25.9 Å². The summed E-state index contributed by atoms with van der Waals surface area (Å²) in [6.45, 7) is 2.08. The monoisotopic (exact) mass is 267 g/mol. The molecule has 0 bridgehead atoms. The van der Waals surface area contributed by atoms with Gasteiger partial charge in [0, 0.05) is 12.8 Å². The first kappa shape index (κ1) is 14.3. The molecular weight excluding hydrogens is 245 g/mol. The zero-order chi connectivity index (χ0) is 13.5. The molecule has 1 fully saturated rings. The van der Waals surface area contributed by atoms with Gasteiger partial charge in [0.1, 0.15) is 6.10 Å². The van der Waals surface area contributed by atoms with Crippen LogP contribution in [0.15, 0.2) is 18.2 Å². The second-order valence-corrected chi connectivity index (χ2v) is 4.94. The van der Waals surface area contributed by atoms with Crippen LogP contribution < -0.4 is 10.5 Å². The molecule has 4 heteroatoms. The number of hydrogen-bond acceptors (Lipinski definition) is 3. The number of benzene rings is 1. The van der Waals surface area contributed by atoms with Crippen LogP contribution in [0.3, 0.4) is 0 Å². The van der Waals surface area contributed by atoms with Crippen LogP contribution in [0.5, 0.6) is 5.75 Å². The summed E-state index contributed by atoms with van der Waals surface area (Å²) in [5.41, 5.74) is 6.45. The minimum absolute atomic E-state index is 0.0753. The molecule has 0 aromatic heterocycles. The summed E-state index contributed by atoms with van der Waals surface area (Å²) in [4.78, 5) is 0. The Morgan fingerprint density at radius 3 is 2.74 bits per heavy atom. The summed E-state index contributed by atoms with van der Waals surface area (Å²) in [7, 11) is 0. The Bertz CT molecular complexity index is 392. The highest BCUT2D eigenvalue weighted by Crippen LogP contribution is 2.23. The highest BCUT2D eigenvalue weighted by molar-refractivity contribution is 5.29. The Morgan fingerprint density at radius 1 is 1.26 bits per heavy atom. The van der Waals surface area contributed by atoms with E-state index in [9.17, 15) is 4.39 Å². The van der Waals surface area contributed by atoms with Crippen molar-refractivity contribution in [3.8, 4) is 5.75 Å². The molecule has 1 aliphatic rings. The van der Waals surface area contributed by atoms with E-state index in [1.54, 1.807) is 12.1 Å². The standard InChI is InChI=1S/C15H22FNO2/c16-14-11-12(3-1-2-8-17)4-5-15(14)19-13-6-9-18-10-7-13/h4-5,11,13H,1-3,6-10,17H2. The number of nitrogens with two attached hydrogens (primary N) is 1. The summed E-state index contributed by atoms with van der Waals surface area (Å²) in [6.07, 6.45) is 4.57. The van der Waals surface area contributed by atoms with E-state index in [2.05, 4.69) is 0 Å². The molecule has 0 aliphatic carbocycles. The minimum atomic E-state index is -0.267. The van der Waals surface area contributed by atoms with Gasteiger partial charge in [0.2, 0.25) is 0 Å². The summed E-state index contributed by atoms with van der Waals surface area (Å²) in [6, 6.07) is 5.25. The van der Waals surface area contributed by atoms with Gasteiger partial charge < -0.3 is 15.2 Å². The number of ether oxygens (including phenoxy) is 2. The first-order valence-corrected chi connectivity index (χ1v) is 7.02. The zero-order valence-corrected chi connectivity index (χ0v) is 11.2. The summed E-state index contributed by atoms with van der Waals surface area (Å²) in [5.74, 6) is 0.0891. The molecule has 0 radical (unpaired) electrons. The van der Waals surface area contributed by atoms with E-state index in [1.165, 1.54) is 0 Å². The molecule has 3 nitrogen and oxygen atoms in total. The van der Waals surface area contributed by atoms with E-state index in [-0.39, 0.29) is 11.9 Å². The van der Waals surface area contributed by atoms with Crippen molar-refractivity contribution in [3.05, 3.63) is 29.6 Å². The van der Waals surface area contributed by atoms with E-state index in [0.717, 1.165) is 37.7 Å². The fourth-order valence-electron chi connectivity index (χ4n) is 2.24. The molecule has 106 valence electrons. The molecule has 2 N–H and O–H groups in total. The molecule has 1 heterocycles. The van der Waals surface area contributed by atoms with Crippen molar-refractivity contribution in [3.63, 3.8) is 0 Å². The maximum atomic E-state index is 13.9. The van der Waals surface area contributed by atoms with Crippen molar-refractivity contribution in [2.75, 3.05) is 19.8 Å². The predicted molar refractivity (Wildman–Crippen MR) is 72.9 cm³/mol. The van der Waals surface area contributed by atoms with Crippen molar-refractivity contribution in [1.82, 2.24) is 0 Å². The molecule has 1 saturated heterocycles. The molecule has 1 aromatic carbocycles. The molecule has 1 aromatic rings. The zero-order valence-electron chi connectivity index (χ0n) is 11.2. The smallest absolute Gasteiger partial charge is 0.165 e. The van der Waals surface area contributed by atoms with Crippen molar-refractivity contribution in [1.29, 1.82) is 0 Å². The maximum Gasteiger partial charge on any atom is 0.165 e. The van der Waals surface area contributed by atoms with E-state index in [4.69, 9.17) is 15.2 Å². The third kappa shape index (κ3) is 4.48. The van der Waals surface area contributed by atoms with Crippen LogP contribution in [0.4, 0.5) is 4.39 Å². The fraction of sp³-hybridized carbons (Fsp3) is 0.600. The first-order chi connectivity index (χ1) is 9.29. The molecule has 0 spiro atoms. The number of rotatable bonds is 6. The van der Waals surface area contributed by atoms with Gasteiger partial charge in [-0.05, 0) is 43.5 Å². The quantitative estimate of drug-likeness (QED) is 0.806. The highest BCUT2D eigenvalue weighted by atomic mass is 19.1. The van der Waals surface area contributed by atoms with Gasteiger partial charge in [-0.25, -0.2) is 4.39 Å². The molecule has 1 aliphatic heterocycles. The largest absolute Gasteiger partial charge is 0.487 e. The predicted octanol–water partition coefficient (Wildman–Crippen LogP) is 2.66. The van der Waals surface area contributed by atoms with Gasteiger partial charge in [0.25, 0.3) is 0 Å². The average Bonchev–Trinajstić information content (AvgIpc) is 2.43. The average molecular weight is 267 g/mol. The maximum absolute atomic E-state index is 13.9. The van der Waals surface area contributed by atoms with Crippen LogP contribution in [0, 0.1) is 5.82 Å². The third-order valence-electron chi connectivity index (χ3n) is 3.38. The fourth-order valence-corrected chi connectivity index (χ4v) is 2.24. The topological polar surface area (TPSA) is 44.5 Å². The lowest BCUT2D eigenvalue weighted by atomic mass is 10.1. The van der Waals surface area contributed by atoms with Crippen LogP contribution in [-0.2, 0) is 11.2 Å². The number of halogens is 1. The Hall–Kier alpha value is -1.13. The van der Waals surface area contributed by atoms with Crippen molar-refractivity contribution in [2.45, 2.75) is 38.2 Å². The van der Waals surface area contributed by atoms with Crippen LogP contribution in [0.2, 0.25) is 0 Å².